The van der Waals surface area contributed by atoms with Crippen molar-refractivity contribution in [2.75, 3.05) is 31.1 Å². The highest BCUT2D eigenvalue weighted by Crippen LogP contribution is 2.25. The molecule has 1 saturated heterocycles. The summed E-state index contributed by atoms with van der Waals surface area (Å²) in [4.78, 5) is 7.00. The highest BCUT2D eigenvalue weighted by Gasteiger charge is 2.13. The Hall–Kier alpha value is -2.40. The highest BCUT2D eigenvalue weighted by molar-refractivity contribution is 5.77. The summed E-state index contributed by atoms with van der Waals surface area (Å²) < 4.78 is 1.88. The first-order valence-corrected chi connectivity index (χ1v) is 7.67. The molecule has 22 heavy (non-hydrogen) atoms. The van der Waals surface area contributed by atoms with Crippen LogP contribution < -0.4 is 10.2 Å². The monoisotopic (exact) mass is 293 g/mol. The SMILES string of the molecule is Cc1cccc(-c2cnn3cc(N4CCNCC4)cnc23)c1. The van der Waals surface area contributed by atoms with E-state index in [0.717, 1.165) is 48.6 Å². The predicted octanol–water partition coefficient (Wildman–Crippen LogP) is 2.11. The number of hydrogen-bond donors (Lipinski definition) is 1. The zero-order chi connectivity index (χ0) is 14.9. The molecule has 1 fully saturated rings. The Labute approximate surface area is 129 Å². The van der Waals surface area contributed by atoms with Crippen LogP contribution in [0.15, 0.2) is 42.9 Å². The van der Waals surface area contributed by atoms with Gasteiger partial charge in [0.15, 0.2) is 5.65 Å². The quantitative estimate of drug-likeness (QED) is 0.786. The van der Waals surface area contributed by atoms with Crippen LogP contribution in [0.25, 0.3) is 16.8 Å². The first kappa shape index (κ1) is 13.3. The van der Waals surface area contributed by atoms with Crippen LogP contribution >= 0.6 is 0 Å². The molecule has 1 aromatic carbocycles. The van der Waals surface area contributed by atoms with E-state index < -0.39 is 0 Å². The van der Waals surface area contributed by atoms with E-state index in [4.69, 9.17) is 0 Å². The minimum atomic E-state index is 0.907. The van der Waals surface area contributed by atoms with Crippen molar-refractivity contribution in [2.45, 2.75) is 6.92 Å². The van der Waals surface area contributed by atoms with Crippen molar-refractivity contribution in [1.82, 2.24) is 19.9 Å². The summed E-state index contributed by atoms with van der Waals surface area (Å²) >= 11 is 0. The number of nitrogens with one attached hydrogen (secondary N) is 1. The van der Waals surface area contributed by atoms with Crippen LogP contribution in [-0.2, 0) is 0 Å². The second-order valence-electron chi connectivity index (χ2n) is 5.75. The van der Waals surface area contributed by atoms with Crippen LogP contribution in [0, 0.1) is 6.92 Å². The van der Waals surface area contributed by atoms with Crippen molar-refractivity contribution in [3.63, 3.8) is 0 Å². The van der Waals surface area contributed by atoms with E-state index in [0.29, 0.717) is 0 Å². The van der Waals surface area contributed by atoms with Crippen LogP contribution in [-0.4, -0.2) is 40.8 Å². The number of fused-ring (bicyclic) bond motifs is 1. The van der Waals surface area contributed by atoms with Crippen molar-refractivity contribution >= 4 is 11.3 Å². The molecular formula is C17H19N5. The average Bonchev–Trinajstić information content (AvgIpc) is 2.99. The smallest absolute Gasteiger partial charge is 0.162 e. The number of nitrogens with zero attached hydrogens (tertiary/aromatic N) is 4. The molecule has 0 aliphatic carbocycles. The van der Waals surface area contributed by atoms with Crippen molar-refractivity contribution in [1.29, 1.82) is 0 Å². The summed E-state index contributed by atoms with van der Waals surface area (Å²) in [5.41, 5.74) is 5.53. The zero-order valence-corrected chi connectivity index (χ0v) is 12.7. The summed E-state index contributed by atoms with van der Waals surface area (Å²) in [6.45, 7) is 6.17. The lowest BCUT2D eigenvalue weighted by Crippen LogP contribution is -2.43. The predicted molar refractivity (Wildman–Crippen MR) is 88.2 cm³/mol. The molecule has 0 amide bonds. The molecule has 5 heteroatoms. The lowest BCUT2D eigenvalue weighted by Gasteiger charge is -2.28. The summed E-state index contributed by atoms with van der Waals surface area (Å²) in [6.07, 6.45) is 5.94. The van der Waals surface area contributed by atoms with Crippen LogP contribution in [0.2, 0.25) is 0 Å². The lowest BCUT2D eigenvalue weighted by molar-refractivity contribution is 0.587. The number of hydrogen-bond acceptors (Lipinski definition) is 4. The number of piperazine rings is 1. The Morgan fingerprint density at radius 1 is 1.14 bits per heavy atom. The largest absolute Gasteiger partial charge is 0.366 e. The molecule has 1 aliphatic rings. The molecule has 0 saturated carbocycles. The second-order valence-corrected chi connectivity index (χ2v) is 5.75. The number of aryl methyl sites for hydroxylation is 1. The molecule has 4 rings (SSSR count). The molecule has 0 unspecified atom stereocenters. The van der Waals surface area contributed by atoms with E-state index in [2.05, 4.69) is 57.7 Å². The fraction of sp³-hybridized carbons (Fsp3) is 0.294. The molecule has 3 heterocycles. The van der Waals surface area contributed by atoms with E-state index in [1.54, 1.807) is 0 Å². The molecule has 1 aliphatic heterocycles. The number of rotatable bonds is 2. The normalized spacial score (nSPS) is 15.4. The van der Waals surface area contributed by atoms with Crippen LogP contribution in [0.3, 0.4) is 0 Å². The minimum absolute atomic E-state index is 0.907. The third-order valence-electron chi connectivity index (χ3n) is 4.15. The molecular weight excluding hydrogens is 274 g/mol. The first-order chi connectivity index (χ1) is 10.8. The lowest BCUT2D eigenvalue weighted by atomic mass is 10.1. The van der Waals surface area contributed by atoms with Gasteiger partial charge in [0.2, 0.25) is 0 Å². The fourth-order valence-corrected chi connectivity index (χ4v) is 2.97. The van der Waals surface area contributed by atoms with Crippen LogP contribution in [0.1, 0.15) is 5.56 Å². The van der Waals surface area contributed by atoms with Gasteiger partial charge in [-0.15, -0.1) is 0 Å². The van der Waals surface area contributed by atoms with E-state index in [9.17, 15) is 0 Å². The van der Waals surface area contributed by atoms with E-state index in [1.807, 2.05) is 16.9 Å². The molecule has 5 nitrogen and oxygen atoms in total. The summed E-state index contributed by atoms with van der Waals surface area (Å²) in [6, 6.07) is 8.45. The Morgan fingerprint density at radius 3 is 2.82 bits per heavy atom. The summed E-state index contributed by atoms with van der Waals surface area (Å²) in [7, 11) is 0. The number of benzene rings is 1. The third-order valence-corrected chi connectivity index (χ3v) is 4.15. The molecule has 1 N–H and O–H groups in total. The maximum Gasteiger partial charge on any atom is 0.162 e. The Morgan fingerprint density at radius 2 is 2.00 bits per heavy atom. The molecule has 0 spiro atoms. The molecule has 0 radical (unpaired) electrons. The first-order valence-electron chi connectivity index (χ1n) is 7.67. The van der Waals surface area contributed by atoms with Gasteiger partial charge in [0.05, 0.1) is 24.3 Å². The van der Waals surface area contributed by atoms with Gasteiger partial charge in [-0.1, -0.05) is 29.8 Å². The standard InChI is InChI=1S/C17H19N5/c1-13-3-2-4-14(9-13)16-11-20-22-12-15(10-19-17(16)22)21-7-5-18-6-8-21/h2-4,9-12,18H,5-8H2,1H3. The van der Waals surface area contributed by atoms with Gasteiger partial charge in [-0.05, 0) is 12.5 Å². The number of aromatic nitrogens is 3. The van der Waals surface area contributed by atoms with E-state index in [1.165, 1.54) is 5.56 Å². The molecule has 2 aromatic heterocycles. The molecule has 0 atom stereocenters. The molecule has 0 bridgehead atoms. The average molecular weight is 293 g/mol. The Kier molecular flexibility index (Phi) is 3.27. The third kappa shape index (κ3) is 2.33. The van der Waals surface area contributed by atoms with Gasteiger partial charge in [-0.2, -0.15) is 5.10 Å². The Bertz CT molecular complexity index is 802. The van der Waals surface area contributed by atoms with Gasteiger partial charge in [0.25, 0.3) is 0 Å². The molecule has 3 aromatic rings. The van der Waals surface area contributed by atoms with E-state index in [-0.39, 0.29) is 0 Å². The van der Waals surface area contributed by atoms with Crippen molar-refractivity contribution in [3.8, 4) is 11.1 Å². The van der Waals surface area contributed by atoms with Crippen molar-refractivity contribution in [3.05, 3.63) is 48.4 Å². The summed E-state index contributed by atoms with van der Waals surface area (Å²) in [5, 5.41) is 7.86. The highest BCUT2D eigenvalue weighted by atomic mass is 15.3. The maximum atomic E-state index is 4.66. The van der Waals surface area contributed by atoms with Crippen LogP contribution in [0.5, 0.6) is 0 Å². The summed E-state index contributed by atoms with van der Waals surface area (Å²) in [5.74, 6) is 0. The van der Waals surface area contributed by atoms with E-state index >= 15 is 0 Å². The van der Waals surface area contributed by atoms with Crippen LogP contribution in [0.4, 0.5) is 5.69 Å². The molecule has 112 valence electrons. The zero-order valence-electron chi connectivity index (χ0n) is 12.7. The maximum absolute atomic E-state index is 4.66. The van der Waals surface area contributed by atoms with Gasteiger partial charge in [-0.25, -0.2) is 9.50 Å². The minimum Gasteiger partial charge on any atom is -0.366 e. The van der Waals surface area contributed by atoms with Crippen molar-refractivity contribution < 1.29 is 0 Å². The van der Waals surface area contributed by atoms with Gasteiger partial charge in [0, 0.05) is 31.7 Å². The van der Waals surface area contributed by atoms with Gasteiger partial charge in [0.1, 0.15) is 0 Å². The Balaban J connectivity index is 1.74. The van der Waals surface area contributed by atoms with Crippen molar-refractivity contribution in [2.24, 2.45) is 0 Å². The topological polar surface area (TPSA) is 45.5 Å². The van der Waals surface area contributed by atoms with Gasteiger partial charge >= 0.3 is 0 Å². The second kappa shape index (κ2) is 5.42. The number of anilines is 1. The fourth-order valence-electron chi connectivity index (χ4n) is 2.97. The van der Waals surface area contributed by atoms with Gasteiger partial charge < -0.3 is 10.2 Å². The van der Waals surface area contributed by atoms with Gasteiger partial charge in [-0.3, -0.25) is 0 Å².